The fourth-order valence-electron chi connectivity index (χ4n) is 2.55. The van der Waals surface area contributed by atoms with Crippen molar-refractivity contribution < 1.29 is 0 Å². The fraction of sp³-hybridized carbons (Fsp3) is 0. The van der Waals surface area contributed by atoms with Crippen molar-refractivity contribution >= 4 is 33.4 Å². The summed E-state index contributed by atoms with van der Waals surface area (Å²) in [5.74, 6) is 0. The lowest BCUT2D eigenvalue weighted by atomic mass is 10.1. The van der Waals surface area contributed by atoms with E-state index in [-0.39, 0.29) is 0 Å². The minimum atomic E-state index is 0.731. The second-order valence-corrected chi connectivity index (χ2v) is 5.16. The molecule has 2 aromatic carbocycles. The van der Waals surface area contributed by atoms with Gasteiger partial charge in [0.25, 0.3) is 0 Å². The lowest BCUT2D eigenvalue weighted by Gasteiger charge is -2.02. The van der Waals surface area contributed by atoms with Crippen molar-refractivity contribution in [3.05, 3.63) is 65.8 Å². The molecule has 96 valence electrons. The number of aromatic amines is 1. The van der Waals surface area contributed by atoms with Crippen LogP contribution in [-0.4, -0.2) is 9.97 Å². The summed E-state index contributed by atoms with van der Waals surface area (Å²) in [5.41, 5.74) is 3.99. The van der Waals surface area contributed by atoms with Gasteiger partial charge >= 0.3 is 0 Å². The van der Waals surface area contributed by atoms with Crippen LogP contribution in [0.15, 0.2) is 60.8 Å². The topological polar surface area (TPSA) is 28.7 Å². The van der Waals surface area contributed by atoms with Crippen LogP contribution < -0.4 is 0 Å². The van der Waals surface area contributed by atoms with Gasteiger partial charge in [-0.2, -0.15) is 0 Å². The highest BCUT2D eigenvalue weighted by Gasteiger charge is 2.09. The summed E-state index contributed by atoms with van der Waals surface area (Å²) in [6, 6.07) is 18.2. The van der Waals surface area contributed by atoms with Crippen molar-refractivity contribution in [3.63, 3.8) is 0 Å². The van der Waals surface area contributed by atoms with E-state index >= 15 is 0 Å². The number of fused-ring (bicyclic) bond motifs is 2. The van der Waals surface area contributed by atoms with E-state index in [1.54, 1.807) is 0 Å². The molecule has 0 aliphatic carbocycles. The quantitative estimate of drug-likeness (QED) is 0.519. The fourth-order valence-corrected chi connectivity index (χ4v) is 2.77. The molecule has 4 rings (SSSR count). The first-order chi connectivity index (χ1) is 9.83. The van der Waals surface area contributed by atoms with Crippen molar-refractivity contribution in [1.82, 2.24) is 9.97 Å². The molecule has 0 aliphatic rings. The van der Waals surface area contributed by atoms with E-state index in [2.05, 4.69) is 23.2 Å². The largest absolute Gasteiger partial charge is 0.359 e. The molecular weight excluding hydrogens is 268 g/mol. The van der Waals surface area contributed by atoms with Crippen molar-refractivity contribution in [2.45, 2.75) is 0 Å². The summed E-state index contributed by atoms with van der Waals surface area (Å²) in [6.45, 7) is 0. The first-order valence-corrected chi connectivity index (χ1v) is 6.82. The third kappa shape index (κ3) is 1.69. The van der Waals surface area contributed by atoms with Gasteiger partial charge in [-0.1, -0.05) is 48.0 Å². The van der Waals surface area contributed by atoms with Crippen molar-refractivity contribution in [1.29, 1.82) is 0 Å². The highest BCUT2D eigenvalue weighted by atomic mass is 35.5. The average molecular weight is 279 g/mol. The number of rotatable bonds is 1. The molecule has 0 atom stereocenters. The number of pyridine rings is 1. The zero-order valence-electron chi connectivity index (χ0n) is 10.6. The van der Waals surface area contributed by atoms with Crippen LogP contribution >= 0.6 is 11.6 Å². The number of H-pyrrole nitrogens is 1. The van der Waals surface area contributed by atoms with Gasteiger partial charge < -0.3 is 4.98 Å². The molecule has 2 heterocycles. The summed E-state index contributed by atoms with van der Waals surface area (Å²) in [7, 11) is 0. The molecule has 0 saturated heterocycles. The van der Waals surface area contributed by atoms with Crippen molar-refractivity contribution in [3.8, 4) is 11.3 Å². The highest BCUT2D eigenvalue weighted by molar-refractivity contribution is 6.35. The third-order valence-corrected chi connectivity index (χ3v) is 3.85. The first kappa shape index (κ1) is 11.5. The number of hydrogen-bond acceptors (Lipinski definition) is 1. The Labute approximate surface area is 121 Å². The van der Waals surface area contributed by atoms with Crippen LogP contribution in [0.2, 0.25) is 5.02 Å². The van der Waals surface area contributed by atoms with E-state index in [0.29, 0.717) is 0 Å². The number of nitrogens with zero attached hydrogens (tertiary/aromatic N) is 1. The van der Waals surface area contributed by atoms with Gasteiger partial charge in [-0.3, -0.25) is 0 Å². The van der Waals surface area contributed by atoms with E-state index in [1.165, 1.54) is 0 Å². The second-order valence-electron chi connectivity index (χ2n) is 4.75. The lowest BCUT2D eigenvalue weighted by Crippen LogP contribution is -1.83. The van der Waals surface area contributed by atoms with Gasteiger partial charge in [0.1, 0.15) is 0 Å². The summed E-state index contributed by atoms with van der Waals surface area (Å²) in [6.07, 6.45) is 1.97. The summed E-state index contributed by atoms with van der Waals surface area (Å²) >= 11 is 6.20. The number of hydrogen-bond donors (Lipinski definition) is 1. The molecule has 2 aromatic heterocycles. The molecule has 1 N–H and O–H groups in total. The van der Waals surface area contributed by atoms with Crippen LogP contribution in [0.4, 0.5) is 0 Å². The molecule has 0 unspecified atom stereocenters. The molecule has 0 bridgehead atoms. The van der Waals surface area contributed by atoms with E-state index in [4.69, 9.17) is 16.6 Å². The minimum absolute atomic E-state index is 0.731. The molecule has 20 heavy (non-hydrogen) atoms. The number of aromatic nitrogens is 2. The van der Waals surface area contributed by atoms with Crippen LogP contribution in [0.25, 0.3) is 33.1 Å². The Morgan fingerprint density at radius 3 is 2.75 bits per heavy atom. The Balaban J connectivity index is 1.99. The average Bonchev–Trinajstić information content (AvgIpc) is 2.92. The minimum Gasteiger partial charge on any atom is -0.359 e. The maximum Gasteiger partial charge on any atom is 0.0731 e. The zero-order chi connectivity index (χ0) is 13.5. The Morgan fingerprint density at radius 2 is 1.80 bits per heavy atom. The first-order valence-electron chi connectivity index (χ1n) is 6.45. The summed E-state index contributed by atoms with van der Waals surface area (Å²) < 4.78 is 0. The van der Waals surface area contributed by atoms with Gasteiger partial charge in [0.2, 0.25) is 0 Å². The van der Waals surface area contributed by atoms with Gasteiger partial charge in [0.15, 0.2) is 0 Å². The van der Waals surface area contributed by atoms with Gasteiger partial charge in [0, 0.05) is 22.5 Å². The number of para-hydroxylation sites is 2. The van der Waals surface area contributed by atoms with Gasteiger partial charge in [0.05, 0.1) is 21.7 Å². The van der Waals surface area contributed by atoms with Crippen LogP contribution in [0, 0.1) is 0 Å². The summed E-state index contributed by atoms with van der Waals surface area (Å²) in [4.78, 5) is 7.97. The molecule has 0 saturated carbocycles. The Bertz CT molecular complexity index is 924. The summed E-state index contributed by atoms with van der Waals surface area (Å²) in [5, 5.41) is 2.98. The Hall–Kier alpha value is -2.32. The SMILES string of the molecule is Clc1cccc2c(-c3ccc4ccccc4n3)c[nH]c12. The van der Waals surface area contributed by atoms with Crippen molar-refractivity contribution in [2.75, 3.05) is 0 Å². The molecular formula is C17H11ClN2. The third-order valence-electron chi connectivity index (χ3n) is 3.54. The van der Waals surface area contributed by atoms with E-state index in [9.17, 15) is 0 Å². The second kappa shape index (κ2) is 4.36. The van der Waals surface area contributed by atoms with Crippen LogP contribution in [0.5, 0.6) is 0 Å². The molecule has 4 aromatic rings. The van der Waals surface area contributed by atoms with E-state index in [0.717, 1.165) is 38.1 Å². The van der Waals surface area contributed by atoms with Gasteiger partial charge in [-0.05, 0) is 18.2 Å². The predicted octanol–water partition coefficient (Wildman–Crippen LogP) is 5.04. The van der Waals surface area contributed by atoms with E-state index < -0.39 is 0 Å². The molecule has 3 heteroatoms. The van der Waals surface area contributed by atoms with E-state index in [1.807, 2.05) is 42.6 Å². The smallest absolute Gasteiger partial charge is 0.0731 e. The normalized spacial score (nSPS) is 11.2. The maximum absolute atomic E-state index is 6.20. The standard InChI is InChI=1S/C17H11ClN2/c18-14-6-3-5-12-13(10-19-17(12)14)16-9-8-11-4-1-2-7-15(11)20-16/h1-10,19H. The Morgan fingerprint density at radius 1 is 0.900 bits per heavy atom. The number of halogens is 1. The number of benzene rings is 2. The van der Waals surface area contributed by atoms with Gasteiger partial charge in [-0.25, -0.2) is 4.98 Å². The van der Waals surface area contributed by atoms with Crippen LogP contribution in [-0.2, 0) is 0 Å². The predicted molar refractivity (Wildman–Crippen MR) is 84.0 cm³/mol. The van der Waals surface area contributed by atoms with Gasteiger partial charge in [-0.15, -0.1) is 0 Å². The molecule has 2 nitrogen and oxygen atoms in total. The maximum atomic E-state index is 6.20. The monoisotopic (exact) mass is 278 g/mol. The Kier molecular flexibility index (Phi) is 2.51. The molecule has 0 aliphatic heterocycles. The highest BCUT2D eigenvalue weighted by Crippen LogP contribution is 2.31. The molecule has 0 spiro atoms. The van der Waals surface area contributed by atoms with Crippen LogP contribution in [0.3, 0.4) is 0 Å². The molecule has 0 fully saturated rings. The van der Waals surface area contributed by atoms with Crippen molar-refractivity contribution in [2.24, 2.45) is 0 Å². The number of nitrogens with one attached hydrogen (secondary N) is 1. The van der Waals surface area contributed by atoms with Crippen LogP contribution in [0.1, 0.15) is 0 Å². The molecule has 0 amide bonds. The lowest BCUT2D eigenvalue weighted by molar-refractivity contribution is 1.40. The molecule has 0 radical (unpaired) electrons. The zero-order valence-corrected chi connectivity index (χ0v) is 11.4.